The van der Waals surface area contributed by atoms with E-state index in [0.29, 0.717) is 17.3 Å². The summed E-state index contributed by atoms with van der Waals surface area (Å²) in [5.74, 6) is 0.192. The summed E-state index contributed by atoms with van der Waals surface area (Å²) in [6.07, 6.45) is 0. The second-order valence-electron chi connectivity index (χ2n) is 7.89. The minimum absolute atomic E-state index is 0.105. The molecule has 3 aromatic carbocycles. The Hall–Kier alpha value is -3.15. The molecule has 0 saturated carbocycles. The Labute approximate surface area is 200 Å². The van der Waals surface area contributed by atoms with Crippen LogP contribution in [0.2, 0.25) is 5.02 Å². The second kappa shape index (κ2) is 10.6. The fourth-order valence-electron chi connectivity index (χ4n) is 4.00. The highest BCUT2D eigenvalue weighted by atomic mass is 35.5. The molecule has 0 fully saturated rings. The molecule has 33 heavy (non-hydrogen) atoms. The van der Waals surface area contributed by atoms with E-state index in [1.807, 2.05) is 60.7 Å². The molecular formula is C27H28ClN3O2. The maximum Gasteiger partial charge on any atom is 0.238 e. The van der Waals surface area contributed by atoms with E-state index >= 15 is 0 Å². The van der Waals surface area contributed by atoms with Crippen LogP contribution in [0.15, 0.2) is 77.8 Å². The van der Waals surface area contributed by atoms with Gasteiger partial charge in [0, 0.05) is 17.3 Å². The molecule has 1 aliphatic rings. The highest BCUT2D eigenvalue weighted by Crippen LogP contribution is 2.37. The van der Waals surface area contributed by atoms with Crippen LogP contribution in [0.1, 0.15) is 30.9 Å². The van der Waals surface area contributed by atoms with Gasteiger partial charge in [0.25, 0.3) is 0 Å². The van der Waals surface area contributed by atoms with Gasteiger partial charge in [0.1, 0.15) is 18.3 Å². The summed E-state index contributed by atoms with van der Waals surface area (Å²) >= 11 is 6.13. The van der Waals surface area contributed by atoms with Crippen LogP contribution in [0, 0.1) is 0 Å². The molecule has 0 bridgehead atoms. The fourth-order valence-corrected chi connectivity index (χ4v) is 4.17. The third-order valence-electron chi connectivity index (χ3n) is 5.85. The van der Waals surface area contributed by atoms with Crippen molar-refractivity contribution in [3.8, 4) is 5.75 Å². The summed E-state index contributed by atoms with van der Waals surface area (Å²) in [7, 11) is 0. The molecule has 0 aromatic heterocycles. The van der Waals surface area contributed by atoms with Crippen molar-refractivity contribution in [1.82, 2.24) is 4.90 Å². The van der Waals surface area contributed by atoms with Gasteiger partial charge in [-0.05, 0) is 60.6 Å². The molecule has 0 saturated heterocycles. The second-order valence-corrected chi connectivity index (χ2v) is 8.32. The zero-order valence-electron chi connectivity index (χ0n) is 18.9. The quantitative estimate of drug-likeness (QED) is 0.402. The summed E-state index contributed by atoms with van der Waals surface area (Å²) in [6.45, 7) is 7.86. The first-order valence-electron chi connectivity index (χ1n) is 11.3. The first-order valence-corrected chi connectivity index (χ1v) is 11.7. The number of halogens is 1. The lowest BCUT2D eigenvalue weighted by Gasteiger charge is -2.18. The van der Waals surface area contributed by atoms with Gasteiger partial charge < -0.3 is 15.0 Å². The van der Waals surface area contributed by atoms with Gasteiger partial charge in [-0.2, -0.15) is 0 Å². The van der Waals surface area contributed by atoms with Gasteiger partial charge >= 0.3 is 0 Å². The third-order valence-corrected chi connectivity index (χ3v) is 6.08. The van der Waals surface area contributed by atoms with Gasteiger partial charge in [-0.1, -0.05) is 61.8 Å². The summed E-state index contributed by atoms with van der Waals surface area (Å²) in [4.78, 5) is 20.2. The SMILES string of the molecule is CCN(CC)CCOc1ccc(N=C(c2ccccc2)C2C(=O)Nc3cc(Cl)ccc32)cc1. The van der Waals surface area contributed by atoms with E-state index in [0.717, 1.165) is 47.9 Å². The zero-order chi connectivity index (χ0) is 23.2. The summed E-state index contributed by atoms with van der Waals surface area (Å²) < 4.78 is 5.89. The Morgan fingerprint density at radius 1 is 1.03 bits per heavy atom. The van der Waals surface area contributed by atoms with Crippen LogP contribution in [-0.4, -0.2) is 42.8 Å². The van der Waals surface area contributed by atoms with Gasteiger partial charge in [0.15, 0.2) is 0 Å². The summed E-state index contributed by atoms with van der Waals surface area (Å²) in [6, 6.07) is 23.0. The number of rotatable bonds is 9. The lowest BCUT2D eigenvalue weighted by Crippen LogP contribution is -2.27. The Kier molecular flexibility index (Phi) is 7.43. The number of amides is 1. The molecule has 1 heterocycles. The number of benzene rings is 3. The molecule has 1 aliphatic heterocycles. The molecule has 0 aliphatic carbocycles. The molecule has 1 N–H and O–H groups in total. The Morgan fingerprint density at radius 2 is 1.76 bits per heavy atom. The fraction of sp³-hybridized carbons (Fsp3) is 0.259. The van der Waals surface area contributed by atoms with Crippen LogP contribution >= 0.6 is 11.6 Å². The van der Waals surface area contributed by atoms with Crippen molar-refractivity contribution >= 4 is 34.6 Å². The van der Waals surface area contributed by atoms with Gasteiger partial charge in [-0.3, -0.25) is 9.79 Å². The average Bonchev–Trinajstić information content (AvgIpc) is 3.16. The predicted octanol–water partition coefficient (Wildman–Crippen LogP) is 5.92. The number of nitrogens with zero attached hydrogens (tertiary/aromatic N) is 2. The lowest BCUT2D eigenvalue weighted by molar-refractivity contribution is -0.115. The molecule has 1 amide bonds. The van der Waals surface area contributed by atoms with Crippen LogP contribution in [0.3, 0.4) is 0 Å². The van der Waals surface area contributed by atoms with Crippen molar-refractivity contribution in [2.75, 3.05) is 31.6 Å². The van der Waals surface area contributed by atoms with Gasteiger partial charge in [0.05, 0.1) is 11.4 Å². The van der Waals surface area contributed by atoms with Gasteiger partial charge in [-0.25, -0.2) is 0 Å². The zero-order valence-corrected chi connectivity index (χ0v) is 19.7. The van der Waals surface area contributed by atoms with Crippen LogP contribution in [-0.2, 0) is 4.79 Å². The monoisotopic (exact) mass is 461 g/mol. The first kappa shape index (κ1) is 23.0. The number of carbonyl (C=O) groups excluding carboxylic acids is 1. The van der Waals surface area contributed by atoms with E-state index in [4.69, 9.17) is 21.3 Å². The smallest absolute Gasteiger partial charge is 0.238 e. The van der Waals surface area contributed by atoms with Crippen LogP contribution in [0.4, 0.5) is 11.4 Å². The molecule has 3 aromatic rings. The number of anilines is 1. The molecule has 4 rings (SSSR count). The number of aliphatic imine (C=N–C) groups is 1. The number of likely N-dealkylation sites (N-methyl/N-ethyl adjacent to an activating group) is 1. The molecule has 5 nitrogen and oxygen atoms in total. The van der Waals surface area contributed by atoms with Crippen molar-refractivity contribution in [3.63, 3.8) is 0 Å². The van der Waals surface area contributed by atoms with Gasteiger partial charge in [-0.15, -0.1) is 0 Å². The Morgan fingerprint density at radius 3 is 2.45 bits per heavy atom. The van der Waals surface area contributed by atoms with Crippen molar-refractivity contribution in [3.05, 3.63) is 88.9 Å². The minimum atomic E-state index is -0.510. The van der Waals surface area contributed by atoms with E-state index in [1.54, 1.807) is 12.1 Å². The standard InChI is InChI=1S/C27H28ClN3O2/c1-3-31(4-2)16-17-33-22-13-11-21(12-14-22)29-26(19-8-6-5-7-9-19)25-23-15-10-20(28)18-24(23)30-27(25)32/h5-15,18,25H,3-4,16-17H2,1-2H3,(H,30,32). The number of hydrogen-bond donors (Lipinski definition) is 1. The molecular weight excluding hydrogens is 434 g/mol. The topological polar surface area (TPSA) is 53.9 Å². The number of fused-ring (bicyclic) bond motifs is 1. The first-order chi connectivity index (χ1) is 16.1. The van der Waals surface area contributed by atoms with Gasteiger partial charge in [0.2, 0.25) is 5.91 Å². The molecule has 1 atom stereocenters. The third kappa shape index (κ3) is 5.44. The minimum Gasteiger partial charge on any atom is -0.492 e. The summed E-state index contributed by atoms with van der Waals surface area (Å²) in [5.41, 5.74) is 3.98. The largest absolute Gasteiger partial charge is 0.492 e. The number of ether oxygens (including phenoxy) is 1. The van der Waals surface area contributed by atoms with E-state index in [2.05, 4.69) is 24.1 Å². The Bertz CT molecular complexity index is 1130. The predicted molar refractivity (Wildman–Crippen MR) is 135 cm³/mol. The molecule has 0 radical (unpaired) electrons. The molecule has 0 spiro atoms. The van der Waals surface area contributed by atoms with E-state index in [-0.39, 0.29) is 5.91 Å². The van der Waals surface area contributed by atoms with Crippen molar-refractivity contribution in [2.24, 2.45) is 4.99 Å². The van der Waals surface area contributed by atoms with Crippen LogP contribution < -0.4 is 10.1 Å². The highest BCUT2D eigenvalue weighted by molar-refractivity contribution is 6.31. The van der Waals surface area contributed by atoms with E-state index in [1.165, 1.54) is 0 Å². The lowest BCUT2D eigenvalue weighted by atomic mass is 9.90. The van der Waals surface area contributed by atoms with Crippen molar-refractivity contribution in [1.29, 1.82) is 0 Å². The maximum absolute atomic E-state index is 13.0. The van der Waals surface area contributed by atoms with Crippen LogP contribution in [0.25, 0.3) is 0 Å². The summed E-state index contributed by atoms with van der Waals surface area (Å²) in [5, 5.41) is 3.53. The maximum atomic E-state index is 13.0. The number of hydrogen-bond acceptors (Lipinski definition) is 4. The average molecular weight is 462 g/mol. The number of carbonyl (C=O) groups is 1. The molecule has 170 valence electrons. The molecule has 1 unspecified atom stereocenters. The van der Waals surface area contributed by atoms with E-state index in [9.17, 15) is 4.79 Å². The number of nitrogens with one attached hydrogen (secondary N) is 1. The normalized spacial score (nSPS) is 15.5. The van der Waals surface area contributed by atoms with Crippen molar-refractivity contribution < 1.29 is 9.53 Å². The van der Waals surface area contributed by atoms with Crippen molar-refractivity contribution in [2.45, 2.75) is 19.8 Å². The van der Waals surface area contributed by atoms with E-state index < -0.39 is 5.92 Å². The molecule has 6 heteroatoms. The van der Waals surface area contributed by atoms with Crippen LogP contribution in [0.5, 0.6) is 5.75 Å². The Balaban J connectivity index is 1.60. The highest BCUT2D eigenvalue weighted by Gasteiger charge is 2.35.